The van der Waals surface area contributed by atoms with Crippen molar-refractivity contribution in [2.75, 3.05) is 0 Å². The first-order valence-electron chi connectivity index (χ1n) is 8.57. The molecule has 0 aliphatic heterocycles. The summed E-state index contributed by atoms with van der Waals surface area (Å²) in [4.78, 5) is 29.5. The van der Waals surface area contributed by atoms with Crippen molar-refractivity contribution in [3.63, 3.8) is 0 Å². The van der Waals surface area contributed by atoms with E-state index in [1.54, 1.807) is 24.3 Å². The fraction of sp³-hybridized carbons (Fsp3) is 0.150. The molecular formula is C20H14F2N2O3S. The third kappa shape index (κ3) is 3.05. The van der Waals surface area contributed by atoms with Crippen LogP contribution in [0.15, 0.2) is 56.9 Å². The van der Waals surface area contributed by atoms with E-state index in [0.29, 0.717) is 23.2 Å². The van der Waals surface area contributed by atoms with E-state index in [1.165, 1.54) is 10.6 Å². The Hall–Kier alpha value is -3.13. The van der Waals surface area contributed by atoms with E-state index in [4.69, 9.17) is 4.42 Å². The average molecular weight is 400 g/mol. The van der Waals surface area contributed by atoms with Crippen molar-refractivity contribution in [2.45, 2.75) is 19.9 Å². The van der Waals surface area contributed by atoms with E-state index in [9.17, 15) is 18.4 Å². The minimum Gasteiger partial charge on any atom is -0.463 e. The number of aryl methyl sites for hydroxylation is 1. The molecule has 0 saturated heterocycles. The van der Waals surface area contributed by atoms with Crippen LogP contribution in [0.4, 0.5) is 8.78 Å². The van der Waals surface area contributed by atoms with Crippen LogP contribution in [-0.4, -0.2) is 10.5 Å². The predicted octanol–water partition coefficient (Wildman–Crippen LogP) is 4.24. The standard InChI is InChI=1S/C20H14F2N2O3S/c1-2-7-24-17-14(22)8-11(21)9-16(17)28-20(24)23-19(26)13-10-27-15-6-4-3-5-12(15)18(13)25/h3-6,8-10H,2,7H2,1H3. The van der Waals surface area contributed by atoms with Gasteiger partial charge in [0.25, 0.3) is 5.91 Å². The molecule has 28 heavy (non-hydrogen) atoms. The Morgan fingerprint density at radius 3 is 2.82 bits per heavy atom. The summed E-state index contributed by atoms with van der Waals surface area (Å²) in [6.07, 6.45) is 1.73. The highest BCUT2D eigenvalue weighted by Gasteiger charge is 2.17. The van der Waals surface area contributed by atoms with Crippen molar-refractivity contribution in [1.29, 1.82) is 0 Å². The Bertz CT molecular complexity index is 1350. The lowest BCUT2D eigenvalue weighted by Gasteiger charge is -2.03. The van der Waals surface area contributed by atoms with Crippen molar-refractivity contribution >= 4 is 38.4 Å². The second-order valence-corrected chi connectivity index (χ2v) is 7.17. The number of rotatable bonds is 3. The number of carbonyl (C=O) groups excluding carboxylic acids is 1. The van der Waals surface area contributed by atoms with Gasteiger partial charge in [-0.3, -0.25) is 9.59 Å². The summed E-state index contributed by atoms with van der Waals surface area (Å²) < 4.78 is 35.1. The number of aromatic nitrogens is 1. The highest BCUT2D eigenvalue weighted by atomic mass is 32.1. The molecule has 0 spiro atoms. The first-order valence-corrected chi connectivity index (χ1v) is 9.39. The van der Waals surface area contributed by atoms with Crippen LogP contribution in [0.5, 0.6) is 0 Å². The van der Waals surface area contributed by atoms with Gasteiger partial charge >= 0.3 is 0 Å². The van der Waals surface area contributed by atoms with Gasteiger partial charge in [0.05, 0.1) is 15.6 Å². The van der Waals surface area contributed by atoms with E-state index in [0.717, 1.165) is 23.7 Å². The molecule has 0 atom stereocenters. The number of carbonyl (C=O) groups is 1. The van der Waals surface area contributed by atoms with Gasteiger partial charge in [0.1, 0.15) is 23.2 Å². The molecule has 2 heterocycles. The van der Waals surface area contributed by atoms with Crippen LogP contribution >= 0.6 is 11.3 Å². The zero-order chi connectivity index (χ0) is 19.8. The van der Waals surface area contributed by atoms with Crippen molar-refractivity contribution in [3.8, 4) is 0 Å². The molecule has 0 saturated carbocycles. The first kappa shape index (κ1) is 18.2. The Balaban J connectivity index is 1.91. The summed E-state index contributed by atoms with van der Waals surface area (Å²) in [5, 5.41) is 0.273. The van der Waals surface area contributed by atoms with Crippen LogP contribution in [0.25, 0.3) is 21.2 Å². The zero-order valence-electron chi connectivity index (χ0n) is 14.7. The number of fused-ring (bicyclic) bond motifs is 2. The zero-order valence-corrected chi connectivity index (χ0v) is 15.6. The fourth-order valence-electron chi connectivity index (χ4n) is 3.02. The predicted molar refractivity (Wildman–Crippen MR) is 102 cm³/mol. The monoisotopic (exact) mass is 400 g/mol. The maximum Gasteiger partial charge on any atom is 0.286 e. The van der Waals surface area contributed by atoms with E-state index < -0.39 is 23.0 Å². The topological polar surface area (TPSA) is 64.6 Å². The molecule has 4 rings (SSSR count). The summed E-state index contributed by atoms with van der Waals surface area (Å²) in [5.41, 5.74) is -0.156. The van der Waals surface area contributed by atoms with Crippen LogP contribution in [-0.2, 0) is 6.54 Å². The van der Waals surface area contributed by atoms with E-state index in [1.807, 2.05) is 6.92 Å². The number of benzene rings is 2. The molecule has 0 unspecified atom stereocenters. The van der Waals surface area contributed by atoms with Gasteiger partial charge in [0, 0.05) is 12.6 Å². The molecule has 0 aliphatic rings. The van der Waals surface area contributed by atoms with Gasteiger partial charge < -0.3 is 8.98 Å². The van der Waals surface area contributed by atoms with E-state index >= 15 is 0 Å². The van der Waals surface area contributed by atoms with Gasteiger partial charge in [0.2, 0.25) is 5.43 Å². The Labute approximate surface area is 161 Å². The number of hydrogen-bond donors (Lipinski definition) is 0. The normalized spacial score (nSPS) is 12.2. The van der Waals surface area contributed by atoms with Crippen LogP contribution in [0.2, 0.25) is 0 Å². The number of thiazole rings is 1. The van der Waals surface area contributed by atoms with Crippen LogP contribution < -0.4 is 10.2 Å². The Kier molecular flexibility index (Phi) is 4.64. The molecule has 1 amide bonds. The van der Waals surface area contributed by atoms with Gasteiger partial charge in [-0.15, -0.1) is 0 Å². The lowest BCUT2D eigenvalue weighted by Crippen LogP contribution is -2.20. The molecule has 0 fully saturated rings. The van der Waals surface area contributed by atoms with Crippen LogP contribution in [0.1, 0.15) is 23.7 Å². The van der Waals surface area contributed by atoms with Crippen molar-refractivity contribution in [1.82, 2.24) is 4.57 Å². The maximum absolute atomic E-state index is 14.3. The first-order chi connectivity index (χ1) is 13.5. The molecule has 0 radical (unpaired) electrons. The molecule has 2 aromatic carbocycles. The molecule has 8 heteroatoms. The molecule has 142 valence electrons. The van der Waals surface area contributed by atoms with Gasteiger partial charge in [-0.25, -0.2) is 8.78 Å². The second kappa shape index (κ2) is 7.12. The highest BCUT2D eigenvalue weighted by molar-refractivity contribution is 7.16. The third-order valence-electron chi connectivity index (χ3n) is 4.25. The minimum absolute atomic E-state index is 0.186. The smallest absolute Gasteiger partial charge is 0.286 e. The SMILES string of the molecule is CCCn1c(=NC(=O)c2coc3ccccc3c2=O)sc2cc(F)cc(F)c21. The average Bonchev–Trinajstić information content (AvgIpc) is 2.99. The molecule has 0 aliphatic carbocycles. The minimum atomic E-state index is -0.795. The lowest BCUT2D eigenvalue weighted by molar-refractivity contribution is 0.0995. The number of nitrogens with zero attached hydrogens (tertiary/aromatic N) is 2. The van der Waals surface area contributed by atoms with Gasteiger partial charge in [-0.05, 0) is 24.6 Å². The van der Waals surface area contributed by atoms with Crippen LogP contribution in [0.3, 0.4) is 0 Å². The largest absolute Gasteiger partial charge is 0.463 e. The van der Waals surface area contributed by atoms with Crippen molar-refractivity contribution in [3.05, 3.63) is 74.9 Å². The molecule has 4 aromatic rings. The second-order valence-electron chi connectivity index (χ2n) is 6.16. The summed E-state index contributed by atoms with van der Waals surface area (Å²) in [7, 11) is 0. The van der Waals surface area contributed by atoms with Crippen molar-refractivity contribution < 1.29 is 18.0 Å². The molecular weight excluding hydrogens is 386 g/mol. The number of para-hydroxylation sites is 1. The Morgan fingerprint density at radius 2 is 2.04 bits per heavy atom. The summed E-state index contributed by atoms with van der Waals surface area (Å²) >= 11 is 0.987. The van der Waals surface area contributed by atoms with Crippen LogP contribution in [0, 0.1) is 11.6 Å². The van der Waals surface area contributed by atoms with Gasteiger partial charge in [-0.2, -0.15) is 4.99 Å². The molecule has 0 N–H and O–H groups in total. The maximum atomic E-state index is 14.3. The molecule has 0 bridgehead atoms. The summed E-state index contributed by atoms with van der Waals surface area (Å²) in [5.74, 6) is -2.22. The number of amides is 1. The van der Waals surface area contributed by atoms with Gasteiger partial charge in [0.15, 0.2) is 10.6 Å². The Morgan fingerprint density at radius 1 is 1.25 bits per heavy atom. The molecule has 5 nitrogen and oxygen atoms in total. The lowest BCUT2D eigenvalue weighted by atomic mass is 10.2. The summed E-state index contributed by atoms with van der Waals surface area (Å²) in [6.45, 7) is 2.28. The number of halogens is 2. The third-order valence-corrected chi connectivity index (χ3v) is 5.28. The van der Waals surface area contributed by atoms with E-state index in [-0.39, 0.29) is 21.3 Å². The quantitative estimate of drug-likeness (QED) is 0.517. The van der Waals surface area contributed by atoms with Gasteiger partial charge in [-0.1, -0.05) is 30.4 Å². The molecule has 2 aromatic heterocycles. The van der Waals surface area contributed by atoms with E-state index in [2.05, 4.69) is 4.99 Å². The highest BCUT2D eigenvalue weighted by Crippen LogP contribution is 2.22. The summed E-state index contributed by atoms with van der Waals surface area (Å²) in [6, 6.07) is 8.57. The fourth-order valence-corrected chi connectivity index (χ4v) is 4.11. The number of hydrogen-bond acceptors (Lipinski definition) is 4. The van der Waals surface area contributed by atoms with Crippen molar-refractivity contribution in [2.24, 2.45) is 4.99 Å².